The van der Waals surface area contributed by atoms with Gasteiger partial charge in [0, 0.05) is 30.6 Å². The number of ether oxygens (including phenoxy) is 1. The Morgan fingerprint density at radius 2 is 2.02 bits per heavy atom. The lowest BCUT2D eigenvalue weighted by atomic mass is 9.94. The zero-order valence-electron chi connectivity index (χ0n) is 27.0. The minimum Gasteiger partial charge on any atom is -0.455 e. The molecule has 2 fully saturated rings. The van der Waals surface area contributed by atoms with Crippen molar-refractivity contribution in [2.24, 2.45) is 4.99 Å². The summed E-state index contributed by atoms with van der Waals surface area (Å²) in [4.78, 5) is 37.9. The third-order valence-corrected chi connectivity index (χ3v) is 10.5. The van der Waals surface area contributed by atoms with Gasteiger partial charge >= 0.3 is 0 Å². The molecule has 5 rings (SSSR count). The summed E-state index contributed by atoms with van der Waals surface area (Å²) >= 11 is 3.21. The summed E-state index contributed by atoms with van der Waals surface area (Å²) < 4.78 is 9.69. The first-order valence-corrected chi connectivity index (χ1v) is 18.7. The number of nitrogens with zero attached hydrogens (tertiary/aromatic N) is 4. The van der Waals surface area contributed by atoms with Crippen LogP contribution in [0.3, 0.4) is 0 Å². The Morgan fingerprint density at radius 3 is 2.78 bits per heavy atom. The third kappa shape index (κ3) is 9.03. The maximum atomic E-state index is 14.4. The lowest BCUT2D eigenvalue weighted by Crippen LogP contribution is -2.64. The van der Waals surface area contributed by atoms with Gasteiger partial charge in [0.2, 0.25) is 11.8 Å². The van der Waals surface area contributed by atoms with Crippen LogP contribution in [0.25, 0.3) is 0 Å². The number of rotatable bonds is 13. The molecule has 3 aliphatic rings. The van der Waals surface area contributed by atoms with Crippen LogP contribution >= 0.6 is 23.3 Å². The number of thiophene rings is 1. The number of benzene rings is 1. The molecule has 3 heterocycles. The number of piperazine rings is 1. The Bertz CT molecular complexity index is 1360. The Labute approximate surface area is 281 Å². The van der Waals surface area contributed by atoms with E-state index in [4.69, 9.17) is 9.73 Å². The van der Waals surface area contributed by atoms with Crippen molar-refractivity contribution in [1.29, 1.82) is 5.26 Å². The van der Waals surface area contributed by atoms with Crippen molar-refractivity contribution < 1.29 is 14.3 Å². The molecule has 1 saturated carbocycles. The van der Waals surface area contributed by atoms with Crippen LogP contribution in [0.5, 0.6) is 0 Å². The molecular weight excluding hydrogens is 619 g/mol. The number of hydrogen-bond acceptors (Lipinski definition) is 10. The smallest absolute Gasteiger partial charge is 0.288 e. The van der Waals surface area contributed by atoms with Crippen LogP contribution in [0.15, 0.2) is 46.8 Å². The second-order valence-electron chi connectivity index (χ2n) is 12.4. The van der Waals surface area contributed by atoms with Gasteiger partial charge in [0.1, 0.15) is 12.1 Å². The molecule has 1 aromatic heterocycles. The van der Waals surface area contributed by atoms with Gasteiger partial charge < -0.3 is 25.2 Å². The number of hydrogen-bond donors (Lipinski definition) is 3. The molecule has 1 aromatic carbocycles. The Kier molecular flexibility index (Phi) is 12.8. The third-order valence-electron chi connectivity index (χ3n) is 9.09. The predicted molar refractivity (Wildman–Crippen MR) is 184 cm³/mol. The topological polar surface area (TPSA) is 122 Å². The van der Waals surface area contributed by atoms with Gasteiger partial charge in [-0.25, -0.2) is 4.99 Å². The van der Waals surface area contributed by atoms with Gasteiger partial charge in [-0.15, -0.1) is 11.3 Å². The molecule has 1 saturated heterocycles. The van der Waals surface area contributed by atoms with E-state index in [1.165, 1.54) is 19.3 Å². The molecule has 10 nitrogen and oxygen atoms in total. The minimum atomic E-state index is -0.683. The first-order chi connectivity index (χ1) is 22.5. The minimum absolute atomic E-state index is 0.00756. The highest BCUT2D eigenvalue weighted by Gasteiger charge is 2.41. The van der Waals surface area contributed by atoms with Crippen LogP contribution in [0.2, 0.25) is 0 Å². The highest BCUT2D eigenvalue weighted by molar-refractivity contribution is 7.96. The van der Waals surface area contributed by atoms with Crippen molar-refractivity contribution in [2.45, 2.75) is 95.1 Å². The van der Waals surface area contributed by atoms with Gasteiger partial charge in [-0.05, 0) is 68.0 Å². The second kappa shape index (κ2) is 17.2. The van der Waals surface area contributed by atoms with Crippen LogP contribution in [0, 0.1) is 11.3 Å². The van der Waals surface area contributed by atoms with Crippen LogP contribution in [0.1, 0.15) is 80.4 Å². The monoisotopic (exact) mass is 665 g/mol. The summed E-state index contributed by atoms with van der Waals surface area (Å²) in [7, 11) is 0. The highest BCUT2D eigenvalue weighted by atomic mass is 32.2. The van der Waals surface area contributed by atoms with Gasteiger partial charge in [0.25, 0.3) is 6.02 Å². The Morgan fingerprint density at radius 1 is 1.17 bits per heavy atom. The number of amidine groups is 1. The van der Waals surface area contributed by atoms with Crippen molar-refractivity contribution in [3.05, 3.63) is 57.8 Å². The van der Waals surface area contributed by atoms with Crippen LogP contribution < -0.4 is 15.4 Å². The van der Waals surface area contributed by atoms with Crippen LogP contribution in [-0.2, 0) is 20.9 Å². The fourth-order valence-corrected chi connectivity index (χ4v) is 7.60. The summed E-state index contributed by atoms with van der Waals surface area (Å²) in [6.07, 6.45) is 10.2. The zero-order valence-corrected chi connectivity index (χ0v) is 28.6. The van der Waals surface area contributed by atoms with E-state index in [9.17, 15) is 14.9 Å². The van der Waals surface area contributed by atoms with Gasteiger partial charge in [0.05, 0.1) is 36.8 Å². The SMILES string of the molecule is CSNCCCC[C@@H](NC1CCCCC1)C(=O)N1CCN(C2=N[C@@H](C)[C@H](c3cccc(C#N)c3)O2)C[C@H]1C(=O)NCc1cccs1. The number of nitrogens with one attached hydrogen (secondary N) is 3. The quantitative estimate of drug-likeness (QED) is 0.210. The first-order valence-electron chi connectivity index (χ1n) is 16.6. The summed E-state index contributed by atoms with van der Waals surface area (Å²) in [5.74, 6) is -0.162. The molecule has 12 heteroatoms. The maximum Gasteiger partial charge on any atom is 0.288 e. The van der Waals surface area contributed by atoms with E-state index in [0.29, 0.717) is 43.8 Å². The largest absolute Gasteiger partial charge is 0.455 e. The molecule has 46 heavy (non-hydrogen) atoms. The number of unbranched alkanes of at least 4 members (excludes halogenated alkanes) is 1. The van der Waals surface area contributed by atoms with Crippen LogP contribution in [0.4, 0.5) is 0 Å². The fraction of sp³-hybridized carbons (Fsp3) is 0.588. The molecule has 248 valence electrons. The van der Waals surface area contributed by atoms with E-state index in [2.05, 4.69) is 21.4 Å². The zero-order chi connectivity index (χ0) is 32.3. The summed E-state index contributed by atoms with van der Waals surface area (Å²) in [5, 5.41) is 18.2. The van der Waals surface area contributed by atoms with Gasteiger partial charge in [0.15, 0.2) is 0 Å². The van der Waals surface area contributed by atoms with E-state index in [1.54, 1.807) is 34.3 Å². The molecule has 2 aromatic rings. The van der Waals surface area contributed by atoms with Crippen LogP contribution in [-0.4, -0.2) is 84.2 Å². The molecule has 2 aliphatic heterocycles. The normalized spacial score (nSPS) is 22.5. The Balaban J connectivity index is 1.31. The Hall–Kier alpha value is -3.11. The summed E-state index contributed by atoms with van der Waals surface area (Å²) in [6, 6.07) is 13.3. The van der Waals surface area contributed by atoms with Gasteiger partial charge in [-0.1, -0.05) is 55.8 Å². The number of nitriles is 1. The van der Waals surface area contributed by atoms with E-state index in [0.717, 1.165) is 49.1 Å². The molecule has 0 unspecified atom stereocenters. The molecule has 0 radical (unpaired) electrons. The predicted octanol–water partition coefficient (Wildman–Crippen LogP) is 4.59. The molecule has 4 atom stereocenters. The van der Waals surface area contributed by atoms with Gasteiger partial charge in [-0.2, -0.15) is 5.26 Å². The molecule has 3 N–H and O–H groups in total. The number of carbonyl (C=O) groups excluding carboxylic acids is 2. The second-order valence-corrected chi connectivity index (χ2v) is 14.1. The number of carbonyl (C=O) groups is 2. The lowest BCUT2D eigenvalue weighted by Gasteiger charge is -2.42. The maximum absolute atomic E-state index is 14.4. The van der Waals surface area contributed by atoms with E-state index < -0.39 is 6.04 Å². The van der Waals surface area contributed by atoms with Crippen molar-refractivity contribution >= 4 is 41.1 Å². The lowest BCUT2D eigenvalue weighted by molar-refractivity contribution is -0.145. The summed E-state index contributed by atoms with van der Waals surface area (Å²) in [6.45, 7) is 4.54. The van der Waals surface area contributed by atoms with Gasteiger partial charge in [-0.3, -0.25) is 14.3 Å². The number of aliphatic imine (C=N–C) groups is 1. The molecule has 2 amide bonds. The van der Waals surface area contributed by atoms with E-state index in [-0.39, 0.29) is 30.0 Å². The summed E-state index contributed by atoms with van der Waals surface area (Å²) in [5.41, 5.74) is 1.47. The molecule has 0 bridgehead atoms. The first kappa shape index (κ1) is 34.2. The number of amides is 2. The van der Waals surface area contributed by atoms with E-state index in [1.807, 2.05) is 53.8 Å². The fourth-order valence-electron chi connectivity index (χ4n) is 6.60. The van der Waals surface area contributed by atoms with Crippen molar-refractivity contribution in [2.75, 3.05) is 32.4 Å². The molecular formula is C34H47N7O3S2. The van der Waals surface area contributed by atoms with E-state index >= 15 is 0 Å². The highest BCUT2D eigenvalue weighted by Crippen LogP contribution is 2.31. The van der Waals surface area contributed by atoms with Crippen molar-refractivity contribution in [3.63, 3.8) is 0 Å². The van der Waals surface area contributed by atoms with Crippen molar-refractivity contribution in [1.82, 2.24) is 25.2 Å². The molecule has 1 aliphatic carbocycles. The van der Waals surface area contributed by atoms with Crippen molar-refractivity contribution in [3.8, 4) is 6.07 Å². The average molecular weight is 666 g/mol. The average Bonchev–Trinajstić information content (AvgIpc) is 3.76. The molecule has 0 spiro atoms. The standard InChI is InChI=1S/C34H47N7O3S2/c1-24-31(26-11-8-10-25(20-26)21-35)44-34(38-24)40-17-18-41(30(23-40)32(42)36-22-28-14-9-19-46-28)33(43)29(15-6-7-16-37-45-2)39-27-12-4-3-5-13-27/h8-11,14,19-20,24,27,29-31,37,39H,3-7,12-13,15-18,22-23H2,1-2H3,(H,36,42)/t24-,29+,30-,31+/m0/s1.